The number of benzene rings is 1. The van der Waals surface area contributed by atoms with E-state index in [0.717, 1.165) is 17.1 Å². The molecular weight excluding hydrogens is 314 g/mol. The SMILES string of the molecule is Cc1c(/N=C2/C=CC(=[N+](C)C)C=C2N)c(=O)n(-c2ccccc2)n1C. The highest BCUT2D eigenvalue weighted by molar-refractivity contribution is 6.20. The minimum Gasteiger partial charge on any atom is -0.397 e. The Hall–Kier alpha value is -3.15. The highest BCUT2D eigenvalue weighted by Crippen LogP contribution is 2.18. The maximum Gasteiger partial charge on any atom is 0.297 e. The van der Waals surface area contributed by atoms with E-state index in [4.69, 9.17) is 5.73 Å². The number of aliphatic imine (C=N–C) groups is 1. The molecule has 0 bridgehead atoms. The molecule has 0 saturated heterocycles. The summed E-state index contributed by atoms with van der Waals surface area (Å²) >= 11 is 0. The first-order chi connectivity index (χ1) is 11.9. The van der Waals surface area contributed by atoms with Crippen molar-refractivity contribution in [3.05, 3.63) is 70.3 Å². The summed E-state index contributed by atoms with van der Waals surface area (Å²) in [5, 5.41) is 0. The Morgan fingerprint density at radius 3 is 2.40 bits per heavy atom. The topological polar surface area (TPSA) is 68.3 Å². The third-order valence-electron chi connectivity index (χ3n) is 4.28. The molecule has 0 unspecified atom stereocenters. The van der Waals surface area contributed by atoms with Crippen molar-refractivity contribution in [1.29, 1.82) is 0 Å². The van der Waals surface area contributed by atoms with E-state index in [9.17, 15) is 4.79 Å². The van der Waals surface area contributed by atoms with Crippen molar-refractivity contribution in [2.45, 2.75) is 6.92 Å². The standard InChI is InChI=1S/C19H21N5O/c1-13-18(21-17-11-10-15(22(2)3)12-16(17)20)19(25)24(23(13)4)14-8-6-5-7-9-14/h5-12,20H,1-4H3/p+1/b21-17-. The van der Waals surface area contributed by atoms with Gasteiger partial charge in [-0.05, 0) is 25.1 Å². The fourth-order valence-electron chi connectivity index (χ4n) is 2.73. The van der Waals surface area contributed by atoms with Crippen LogP contribution in [-0.4, -0.2) is 39.5 Å². The second-order valence-corrected chi connectivity index (χ2v) is 6.16. The van der Waals surface area contributed by atoms with Gasteiger partial charge in [0.15, 0.2) is 5.69 Å². The highest BCUT2D eigenvalue weighted by atomic mass is 16.1. The predicted octanol–water partition coefficient (Wildman–Crippen LogP) is 1.68. The summed E-state index contributed by atoms with van der Waals surface area (Å²) in [6.07, 6.45) is 5.62. The molecule has 2 N–H and O–H groups in total. The average Bonchev–Trinajstić information content (AvgIpc) is 2.80. The Morgan fingerprint density at radius 1 is 1.12 bits per heavy atom. The molecule has 1 aromatic heterocycles. The van der Waals surface area contributed by atoms with E-state index < -0.39 is 0 Å². The van der Waals surface area contributed by atoms with Crippen LogP contribution < -0.4 is 11.3 Å². The molecule has 1 aliphatic carbocycles. The molecule has 0 spiro atoms. The van der Waals surface area contributed by atoms with Gasteiger partial charge in [0, 0.05) is 19.2 Å². The lowest BCUT2D eigenvalue weighted by Crippen LogP contribution is -2.21. The third kappa shape index (κ3) is 2.98. The van der Waals surface area contributed by atoms with Gasteiger partial charge in [-0.25, -0.2) is 14.2 Å². The second-order valence-electron chi connectivity index (χ2n) is 6.16. The van der Waals surface area contributed by atoms with Gasteiger partial charge in [-0.15, -0.1) is 0 Å². The quantitative estimate of drug-likeness (QED) is 0.670. The highest BCUT2D eigenvalue weighted by Gasteiger charge is 2.18. The van der Waals surface area contributed by atoms with Crippen LogP contribution in [0.3, 0.4) is 0 Å². The lowest BCUT2D eigenvalue weighted by molar-refractivity contribution is -0.462. The van der Waals surface area contributed by atoms with Gasteiger partial charge in [0.25, 0.3) is 5.56 Å². The maximum absolute atomic E-state index is 12.9. The Morgan fingerprint density at radius 2 is 1.80 bits per heavy atom. The normalized spacial score (nSPS) is 15.6. The summed E-state index contributed by atoms with van der Waals surface area (Å²) in [4.78, 5) is 17.5. The maximum atomic E-state index is 12.9. The Bertz CT molecular complexity index is 996. The summed E-state index contributed by atoms with van der Waals surface area (Å²) < 4.78 is 5.38. The Kier molecular flexibility index (Phi) is 4.27. The summed E-state index contributed by atoms with van der Waals surface area (Å²) in [7, 11) is 5.75. The molecule has 0 radical (unpaired) electrons. The van der Waals surface area contributed by atoms with Crippen molar-refractivity contribution in [3.8, 4) is 5.69 Å². The van der Waals surface area contributed by atoms with E-state index in [1.165, 1.54) is 0 Å². The van der Waals surface area contributed by atoms with Gasteiger partial charge >= 0.3 is 0 Å². The van der Waals surface area contributed by atoms with Crippen molar-refractivity contribution in [3.63, 3.8) is 0 Å². The van der Waals surface area contributed by atoms with Gasteiger partial charge in [-0.2, -0.15) is 0 Å². The molecule has 6 heteroatoms. The van der Waals surface area contributed by atoms with Gasteiger partial charge in [-0.3, -0.25) is 9.48 Å². The molecule has 2 aromatic rings. The Balaban J connectivity index is 2.12. The van der Waals surface area contributed by atoms with E-state index in [2.05, 4.69) is 4.99 Å². The molecule has 128 valence electrons. The number of nitrogens with two attached hydrogens (primary N) is 1. The van der Waals surface area contributed by atoms with E-state index in [-0.39, 0.29) is 5.56 Å². The van der Waals surface area contributed by atoms with E-state index in [1.54, 1.807) is 9.36 Å². The minimum absolute atomic E-state index is 0.165. The fourth-order valence-corrected chi connectivity index (χ4v) is 2.73. The van der Waals surface area contributed by atoms with Crippen LogP contribution in [0.25, 0.3) is 5.69 Å². The fraction of sp³-hybridized carbons (Fsp3) is 0.211. The molecule has 3 rings (SSSR count). The van der Waals surface area contributed by atoms with E-state index >= 15 is 0 Å². The smallest absolute Gasteiger partial charge is 0.297 e. The summed E-state index contributed by atoms with van der Waals surface area (Å²) in [5.41, 5.74) is 10.1. The molecule has 0 aliphatic heterocycles. The monoisotopic (exact) mass is 336 g/mol. The van der Waals surface area contributed by atoms with Crippen LogP contribution in [0.2, 0.25) is 0 Å². The lowest BCUT2D eigenvalue weighted by Gasteiger charge is -2.07. The van der Waals surface area contributed by atoms with Crippen molar-refractivity contribution >= 4 is 17.1 Å². The Labute approximate surface area is 146 Å². The van der Waals surface area contributed by atoms with Crippen LogP contribution in [0.4, 0.5) is 5.69 Å². The average molecular weight is 336 g/mol. The molecule has 25 heavy (non-hydrogen) atoms. The summed E-state index contributed by atoms with van der Waals surface area (Å²) in [6, 6.07) is 9.51. The van der Waals surface area contributed by atoms with Gasteiger partial charge < -0.3 is 5.73 Å². The number of para-hydroxylation sites is 1. The van der Waals surface area contributed by atoms with Crippen LogP contribution in [-0.2, 0) is 7.05 Å². The van der Waals surface area contributed by atoms with Crippen molar-refractivity contribution < 1.29 is 4.58 Å². The van der Waals surface area contributed by atoms with Gasteiger partial charge in [0.1, 0.15) is 14.1 Å². The van der Waals surface area contributed by atoms with Crippen LogP contribution in [0.5, 0.6) is 0 Å². The van der Waals surface area contributed by atoms with Gasteiger partial charge in [0.05, 0.1) is 22.8 Å². The molecule has 1 aliphatic rings. The third-order valence-corrected chi connectivity index (χ3v) is 4.28. The molecule has 1 heterocycles. The molecule has 0 fully saturated rings. The number of hydrogen-bond donors (Lipinski definition) is 1. The number of nitrogens with zero attached hydrogens (tertiary/aromatic N) is 4. The zero-order valence-electron chi connectivity index (χ0n) is 14.9. The van der Waals surface area contributed by atoms with Crippen LogP contribution in [0, 0.1) is 6.92 Å². The van der Waals surface area contributed by atoms with Crippen LogP contribution in [0.1, 0.15) is 5.69 Å². The molecule has 0 amide bonds. The first-order valence-corrected chi connectivity index (χ1v) is 8.02. The predicted molar refractivity (Wildman–Crippen MR) is 101 cm³/mol. The number of aromatic nitrogens is 2. The van der Waals surface area contributed by atoms with Crippen molar-refractivity contribution in [2.75, 3.05) is 14.1 Å². The van der Waals surface area contributed by atoms with Crippen molar-refractivity contribution in [2.24, 2.45) is 17.8 Å². The zero-order valence-corrected chi connectivity index (χ0v) is 14.9. The zero-order chi connectivity index (χ0) is 18.1. The summed E-state index contributed by atoms with van der Waals surface area (Å²) in [6.45, 7) is 1.88. The van der Waals surface area contributed by atoms with Crippen molar-refractivity contribution in [1.82, 2.24) is 9.36 Å². The number of allylic oxidation sites excluding steroid dienone is 3. The van der Waals surface area contributed by atoms with Crippen LogP contribution in [0.15, 0.2) is 64.0 Å². The number of hydrogen-bond acceptors (Lipinski definition) is 3. The molecule has 1 aromatic carbocycles. The van der Waals surface area contributed by atoms with Gasteiger partial charge in [-0.1, -0.05) is 18.2 Å². The number of rotatable bonds is 2. The second kappa shape index (κ2) is 6.39. The first kappa shape index (κ1) is 16.7. The van der Waals surface area contributed by atoms with E-state index in [1.807, 2.05) is 81.2 Å². The molecular formula is C19H22N5O+. The summed E-state index contributed by atoms with van der Waals surface area (Å²) in [5.74, 6) is 0. The van der Waals surface area contributed by atoms with E-state index in [0.29, 0.717) is 17.1 Å². The molecule has 0 atom stereocenters. The molecule has 0 saturated carbocycles. The largest absolute Gasteiger partial charge is 0.397 e. The van der Waals surface area contributed by atoms with Crippen LogP contribution >= 0.6 is 0 Å². The first-order valence-electron chi connectivity index (χ1n) is 8.02. The lowest BCUT2D eigenvalue weighted by atomic mass is 10.1. The minimum atomic E-state index is -0.165. The molecule has 6 nitrogen and oxygen atoms in total. The van der Waals surface area contributed by atoms with Gasteiger partial charge in [0.2, 0.25) is 5.71 Å².